The van der Waals surface area contributed by atoms with Crippen molar-refractivity contribution in [1.29, 1.82) is 0 Å². The Morgan fingerprint density at radius 3 is 2.83 bits per heavy atom. The highest BCUT2D eigenvalue weighted by atomic mass is 32.1. The number of benzene rings is 1. The summed E-state index contributed by atoms with van der Waals surface area (Å²) in [6, 6.07) is 8.01. The first-order valence-corrected chi connectivity index (χ1v) is 12.1. The molecule has 4 heterocycles. The molecular weight excluding hydrogens is 464 g/mol. The highest BCUT2D eigenvalue weighted by Gasteiger charge is 2.26. The van der Waals surface area contributed by atoms with Gasteiger partial charge in [-0.25, -0.2) is 15.4 Å². The van der Waals surface area contributed by atoms with Gasteiger partial charge in [-0.15, -0.1) is 11.3 Å². The van der Waals surface area contributed by atoms with Crippen LogP contribution in [0.1, 0.15) is 45.5 Å². The van der Waals surface area contributed by atoms with E-state index in [0.717, 1.165) is 34.3 Å². The Hall–Kier alpha value is -4.12. The summed E-state index contributed by atoms with van der Waals surface area (Å²) in [5.41, 5.74) is 11.0. The van der Waals surface area contributed by atoms with Crippen molar-refractivity contribution in [2.45, 2.75) is 25.2 Å². The minimum Gasteiger partial charge on any atom is -0.380 e. The van der Waals surface area contributed by atoms with Crippen LogP contribution in [0.3, 0.4) is 0 Å². The summed E-state index contributed by atoms with van der Waals surface area (Å²) in [5.74, 6) is -0.0323. The number of hydrogen-bond acceptors (Lipinski definition) is 7. The average molecular weight is 489 g/mol. The first-order valence-electron chi connectivity index (χ1n) is 11.3. The Balaban J connectivity index is 1.15. The largest absolute Gasteiger partial charge is 0.380 e. The van der Waals surface area contributed by atoms with Crippen LogP contribution in [0.15, 0.2) is 59.5 Å². The molecule has 3 aromatic heterocycles. The van der Waals surface area contributed by atoms with E-state index in [2.05, 4.69) is 30.5 Å². The number of hydrazone groups is 1. The zero-order valence-electron chi connectivity index (χ0n) is 18.8. The van der Waals surface area contributed by atoms with E-state index in [9.17, 15) is 9.59 Å². The van der Waals surface area contributed by atoms with Crippen LogP contribution < -0.4 is 11.2 Å². The van der Waals surface area contributed by atoms with E-state index in [1.807, 2.05) is 35.4 Å². The lowest BCUT2D eigenvalue weighted by molar-refractivity contribution is -0.131. The fourth-order valence-electron chi connectivity index (χ4n) is 4.16. The van der Waals surface area contributed by atoms with Crippen molar-refractivity contribution < 1.29 is 9.59 Å². The molecule has 5 rings (SSSR count). The first-order chi connectivity index (χ1) is 17.1. The number of carbonyl (C=O) groups excluding carboxylic acids is 2. The Morgan fingerprint density at radius 2 is 2.03 bits per heavy atom. The van der Waals surface area contributed by atoms with Gasteiger partial charge in [-0.1, -0.05) is 18.2 Å². The molecule has 0 bridgehead atoms. The van der Waals surface area contributed by atoms with Crippen molar-refractivity contribution in [3.63, 3.8) is 0 Å². The molecule has 1 aliphatic rings. The lowest BCUT2D eigenvalue weighted by Crippen LogP contribution is -2.38. The van der Waals surface area contributed by atoms with Gasteiger partial charge < -0.3 is 15.6 Å². The first kappa shape index (κ1) is 22.7. The van der Waals surface area contributed by atoms with Gasteiger partial charge >= 0.3 is 0 Å². The number of rotatable bonds is 6. The van der Waals surface area contributed by atoms with E-state index in [4.69, 9.17) is 5.73 Å². The van der Waals surface area contributed by atoms with Gasteiger partial charge in [0.05, 0.1) is 17.6 Å². The predicted molar refractivity (Wildman–Crippen MR) is 133 cm³/mol. The van der Waals surface area contributed by atoms with Crippen LogP contribution in [0.5, 0.6) is 0 Å². The number of H-pyrrole nitrogens is 1. The molecule has 0 spiro atoms. The van der Waals surface area contributed by atoms with Gasteiger partial charge in [0, 0.05) is 53.9 Å². The summed E-state index contributed by atoms with van der Waals surface area (Å²) >= 11 is 1.45. The zero-order chi connectivity index (χ0) is 24.2. The van der Waals surface area contributed by atoms with Crippen molar-refractivity contribution >= 4 is 39.9 Å². The summed E-state index contributed by atoms with van der Waals surface area (Å²) in [6.45, 7) is 1.35. The fraction of sp³-hybridized carbons (Fsp3) is 0.250. The molecule has 0 atom stereocenters. The molecule has 1 aromatic carbocycles. The summed E-state index contributed by atoms with van der Waals surface area (Å²) in [7, 11) is 0. The predicted octanol–water partition coefficient (Wildman–Crippen LogP) is 2.41. The fourth-order valence-corrected chi connectivity index (χ4v) is 5.14. The van der Waals surface area contributed by atoms with Gasteiger partial charge in [0.2, 0.25) is 5.91 Å². The summed E-state index contributed by atoms with van der Waals surface area (Å²) in [6.07, 6.45) is 8.40. The van der Waals surface area contributed by atoms with Gasteiger partial charge in [0.15, 0.2) is 5.84 Å². The SMILES string of the molecule is N/C(=N/NC(=O)c1csc(C2CCN(C(=O)Cc3c[nH]c4ccccc34)CC2)n1)c1cnccn1. The van der Waals surface area contributed by atoms with Crippen LogP contribution in [0.4, 0.5) is 0 Å². The Bertz CT molecular complexity index is 1370. The number of aromatic amines is 1. The standard InChI is InChI=1S/C24H24N8O2S/c25-22(19-13-26-7-8-27-19)30-31-23(34)20-14-35-24(29-20)15-5-9-32(10-6-15)21(33)11-16-12-28-18-4-2-1-3-17(16)18/h1-4,7-8,12-15,28H,5-6,9-11H2,(H2,25,30)(H,31,34). The number of nitrogens with two attached hydrogens (primary N) is 1. The number of carbonyl (C=O) groups is 2. The van der Waals surface area contributed by atoms with Crippen molar-refractivity contribution in [1.82, 2.24) is 30.3 Å². The van der Waals surface area contributed by atoms with E-state index in [1.54, 1.807) is 5.38 Å². The number of piperidine rings is 1. The second kappa shape index (κ2) is 10.0. The van der Waals surface area contributed by atoms with Crippen LogP contribution in [0.25, 0.3) is 10.9 Å². The summed E-state index contributed by atoms with van der Waals surface area (Å²) < 4.78 is 0. The molecule has 0 radical (unpaired) electrons. The highest BCUT2D eigenvalue weighted by molar-refractivity contribution is 7.09. The summed E-state index contributed by atoms with van der Waals surface area (Å²) in [4.78, 5) is 42.9. The minimum atomic E-state index is -0.439. The number of likely N-dealkylation sites (tertiary alicyclic amines) is 1. The van der Waals surface area contributed by atoms with Crippen molar-refractivity contribution in [2.24, 2.45) is 10.8 Å². The van der Waals surface area contributed by atoms with E-state index < -0.39 is 5.91 Å². The van der Waals surface area contributed by atoms with E-state index in [1.165, 1.54) is 29.9 Å². The molecule has 0 aliphatic carbocycles. The summed E-state index contributed by atoms with van der Waals surface area (Å²) in [5, 5.41) is 7.58. The number of nitrogens with one attached hydrogen (secondary N) is 2. The molecule has 178 valence electrons. The molecule has 2 amide bonds. The molecule has 1 aliphatic heterocycles. The zero-order valence-corrected chi connectivity index (χ0v) is 19.7. The topological polar surface area (TPSA) is 142 Å². The molecule has 4 aromatic rings. The maximum atomic E-state index is 12.9. The monoisotopic (exact) mass is 488 g/mol. The smallest absolute Gasteiger partial charge is 0.290 e. The van der Waals surface area contributed by atoms with Crippen LogP contribution in [0.2, 0.25) is 0 Å². The van der Waals surface area contributed by atoms with Crippen LogP contribution in [-0.4, -0.2) is 55.6 Å². The number of nitrogens with zero attached hydrogens (tertiary/aromatic N) is 5. The normalized spacial score (nSPS) is 14.9. The third-order valence-electron chi connectivity index (χ3n) is 6.07. The average Bonchev–Trinajstić information content (AvgIpc) is 3.56. The molecule has 35 heavy (non-hydrogen) atoms. The van der Waals surface area contributed by atoms with E-state index in [-0.39, 0.29) is 17.7 Å². The van der Waals surface area contributed by atoms with Gasteiger partial charge in [0.25, 0.3) is 5.91 Å². The Morgan fingerprint density at radius 1 is 1.20 bits per heavy atom. The van der Waals surface area contributed by atoms with Crippen molar-refractivity contribution in [3.05, 3.63) is 76.4 Å². The molecule has 1 saturated heterocycles. The molecule has 4 N–H and O–H groups in total. The van der Waals surface area contributed by atoms with Gasteiger partial charge in [0.1, 0.15) is 11.4 Å². The van der Waals surface area contributed by atoms with Gasteiger partial charge in [-0.05, 0) is 24.5 Å². The van der Waals surface area contributed by atoms with Crippen molar-refractivity contribution in [2.75, 3.05) is 13.1 Å². The van der Waals surface area contributed by atoms with Gasteiger partial charge in [-0.3, -0.25) is 14.6 Å². The minimum absolute atomic E-state index is 0.0616. The molecular formula is C24H24N8O2S. The Labute approximate surface area is 205 Å². The van der Waals surface area contributed by atoms with Crippen LogP contribution >= 0.6 is 11.3 Å². The molecule has 0 unspecified atom stereocenters. The lowest BCUT2D eigenvalue weighted by Gasteiger charge is -2.31. The third kappa shape index (κ3) is 5.04. The quantitative estimate of drug-likeness (QED) is 0.216. The van der Waals surface area contributed by atoms with Crippen LogP contribution in [-0.2, 0) is 11.2 Å². The van der Waals surface area contributed by atoms with Crippen molar-refractivity contribution in [3.8, 4) is 0 Å². The van der Waals surface area contributed by atoms with Gasteiger partial charge in [-0.2, -0.15) is 5.10 Å². The number of thiazole rings is 1. The number of fused-ring (bicyclic) bond motifs is 1. The number of hydrogen-bond donors (Lipinski definition) is 3. The molecule has 1 fully saturated rings. The number of amidine groups is 1. The lowest BCUT2D eigenvalue weighted by atomic mass is 9.97. The second-order valence-corrected chi connectivity index (χ2v) is 9.18. The third-order valence-corrected chi connectivity index (χ3v) is 7.08. The maximum absolute atomic E-state index is 12.9. The molecule has 11 heteroatoms. The maximum Gasteiger partial charge on any atom is 0.290 e. The van der Waals surface area contributed by atoms with E-state index in [0.29, 0.717) is 30.9 Å². The molecule has 0 saturated carbocycles. The van der Waals surface area contributed by atoms with E-state index >= 15 is 0 Å². The highest BCUT2D eigenvalue weighted by Crippen LogP contribution is 2.31. The number of aromatic nitrogens is 4. The second-order valence-electron chi connectivity index (χ2n) is 8.29. The number of para-hydroxylation sites is 1. The Kier molecular flexibility index (Phi) is 6.49. The van der Waals surface area contributed by atoms with Crippen LogP contribution in [0, 0.1) is 0 Å². The number of amides is 2. The molecule has 10 nitrogen and oxygen atoms in total.